The number of hydrogen-bond donors (Lipinski definition) is 1. The van der Waals surface area contributed by atoms with Gasteiger partial charge in [0.25, 0.3) is 0 Å². The topological polar surface area (TPSA) is 12.0 Å². The van der Waals surface area contributed by atoms with Crippen LogP contribution in [0.2, 0.25) is 0 Å². The van der Waals surface area contributed by atoms with Crippen molar-refractivity contribution in [1.82, 2.24) is 5.32 Å². The van der Waals surface area contributed by atoms with Crippen molar-refractivity contribution in [3.63, 3.8) is 0 Å². The third kappa shape index (κ3) is 4.12. The van der Waals surface area contributed by atoms with Crippen LogP contribution in [0.4, 0.5) is 0 Å². The van der Waals surface area contributed by atoms with Crippen molar-refractivity contribution >= 4 is 0 Å². The summed E-state index contributed by atoms with van der Waals surface area (Å²) in [4.78, 5) is 0. The second kappa shape index (κ2) is 6.42. The van der Waals surface area contributed by atoms with Gasteiger partial charge in [-0.2, -0.15) is 0 Å². The van der Waals surface area contributed by atoms with Crippen LogP contribution in [0.1, 0.15) is 58.8 Å². The van der Waals surface area contributed by atoms with Gasteiger partial charge in [-0.15, -0.1) is 0 Å². The molecular weight excluding hydrogens is 158 g/mol. The third-order valence-electron chi connectivity index (χ3n) is 3.21. The predicted octanol–water partition coefficient (Wildman–Crippen LogP) is 3.34. The SMILES string of the molecule is CCCCC(CCC)C[C@H]1CCN1. The summed E-state index contributed by atoms with van der Waals surface area (Å²) < 4.78 is 0. The van der Waals surface area contributed by atoms with Crippen LogP contribution >= 0.6 is 0 Å². The standard InChI is InChI=1S/C12H25N/c1-3-5-7-11(6-4-2)10-12-8-9-13-12/h11-13H,3-10H2,1-2H3/t11?,12-/m1/s1. The van der Waals surface area contributed by atoms with Gasteiger partial charge < -0.3 is 5.32 Å². The van der Waals surface area contributed by atoms with Gasteiger partial charge in [0, 0.05) is 6.04 Å². The molecule has 0 amide bonds. The van der Waals surface area contributed by atoms with Crippen LogP contribution in [0.5, 0.6) is 0 Å². The predicted molar refractivity (Wildman–Crippen MR) is 58.9 cm³/mol. The lowest BCUT2D eigenvalue weighted by Crippen LogP contribution is -2.43. The van der Waals surface area contributed by atoms with Crippen molar-refractivity contribution in [3.05, 3.63) is 0 Å². The van der Waals surface area contributed by atoms with Gasteiger partial charge in [0.15, 0.2) is 0 Å². The molecule has 0 bridgehead atoms. The van der Waals surface area contributed by atoms with Crippen molar-refractivity contribution in [2.45, 2.75) is 64.8 Å². The van der Waals surface area contributed by atoms with Crippen LogP contribution in [0.25, 0.3) is 0 Å². The quantitative estimate of drug-likeness (QED) is 0.638. The molecule has 0 radical (unpaired) electrons. The van der Waals surface area contributed by atoms with Gasteiger partial charge in [-0.25, -0.2) is 0 Å². The van der Waals surface area contributed by atoms with E-state index in [0.29, 0.717) is 0 Å². The Kier molecular flexibility index (Phi) is 5.45. The van der Waals surface area contributed by atoms with E-state index in [9.17, 15) is 0 Å². The Bertz CT molecular complexity index is 118. The minimum Gasteiger partial charge on any atom is -0.314 e. The van der Waals surface area contributed by atoms with E-state index in [1.54, 1.807) is 0 Å². The highest BCUT2D eigenvalue weighted by molar-refractivity contribution is 4.80. The Morgan fingerprint density at radius 2 is 2.00 bits per heavy atom. The van der Waals surface area contributed by atoms with Crippen LogP contribution < -0.4 is 5.32 Å². The van der Waals surface area contributed by atoms with E-state index in [1.165, 1.54) is 51.5 Å². The molecule has 1 aliphatic heterocycles. The number of nitrogens with one attached hydrogen (secondary N) is 1. The summed E-state index contributed by atoms with van der Waals surface area (Å²) in [5.74, 6) is 1.00. The number of hydrogen-bond acceptors (Lipinski definition) is 1. The molecule has 1 saturated heterocycles. The minimum absolute atomic E-state index is 0.869. The summed E-state index contributed by atoms with van der Waals surface area (Å²) in [6.45, 7) is 5.87. The summed E-state index contributed by atoms with van der Waals surface area (Å²) >= 11 is 0. The Balaban J connectivity index is 2.11. The Morgan fingerprint density at radius 1 is 1.23 bits per heavy atom. The van der Waals surface area contributed by atoms with Crippen LogP contribution in [-0.4, -0.2) is 12.6 Å². The first-order valence-electron chi connectivity index (χ1n) is 6.10. The zero-order valence-corrected chi connectivity index (χ0v) is 9.31. The highest BCUT2D eigenvalue weighted by atomic mass is 15.0. The zero-order chi connectivity index (χ0) is 9.52. The summed E-state index contributed by atoms with van der Waals surface area (Å²) in [5.41, 5.74) is 0. The zero-order valence-electron chi connectivity index (χ0n) is 9.31. The van der Waals surface area contributed by atoms with Crippen LogP contribution in [0.15, 0.2) is 0 Å². The minimum atomic E-state index is 0.869. The first kappa shape index (κ1) is 11.0. The van der Waals surface area contributed by atoms with E-state index in [4.69, 9.17) is 0 Å². The van der Waals surface area contributed by atoms with Gasteiger partial charge in [0.05, 0.1) is 0 Å². The van der Waals surface area contributed by atoms with Gasteiger partial charge in [-0.3, -0.25) is 0 Å². The number of rotatable bonds is 7. The molecule has 1 aliphatic rings. The smallest absolute Gasteiger partial charge is 0.00817 e. The van der Waals surface area contributed by atoms with E-state index < -0.39 is 0 Å². The van der Waals surface area contributed by atoms with E-state index >= 15 is 0 Å². The lowest BCUT2D eigenvalue weighted by molar-refractivity contribution is 0.274. The highest BCUT2D eigenvalue weighted by Crippen LogP contribution is 2.23. The summed E-state index contributed by atoms with van der Waals surface area (Å²) in [6, 6.07) is 0.869. The molecule has 0 spiro atoms. The summed E-state index contributed by atoms with van der Waals surface area (Å²) in [7, 11) is 0. The molecule has 0 aromatic carbocycles. The Hall–Kier alpha value is -0.0400. The van der Waals surface area contributed by atoms with Crippen molar-refractivity contribution in [3.8, 4) is 0 Å². The summed E-state index contributed by atoms with van der Waals surface area (Å²) in [6.07, 6.45) is 9.91. The van der Waals surface area contributed by atoms with Crippen molar-refractivity contribution in [2.75, 3.05) is 6.54 Å². The molecule has 1 rings (SSSR count). The highest BCUT2D eigenvalue weighted by Gasteiger charge is 2.20. The van der Waals surface area contributed by atoms with Crippen LogP contribution in [-0.2, 0) is 0 Å². The second-order valence-electron chi connectivity index (χ2n) is 4.47. The largest absolute Gasteiger partial charge is 0.314 e. The molecule has 1 N–H and O–H groups in total. The molecule has 2 atom stereocenters. The normalized spacial score (nSPS) is 24.0. The molecule has 1 heteroatoms. The molecule has 1 nitrogen and oxygen atoms in total. The molecule has 0 saturated carbocycles. The van der Waals surface area contributed by atoms with Crippen molar-refractivity contribution in [2.24, 2.45) is 5.92 Å². The van der Waals surface area contributed by atoms with Gasteiger partial charge in [0.1, 0.15) is 0 Å². The average Bonchev–Trinajstić information content (AvgIpc) is 2.07. The molecule has 0 aromatic rings. The molecule has 13 heavy (non-hydrogen) atoms. The fourth-order valence-electron chi connectivity index (χ4n) is 2.23. The molecule has 0 aliphatic carbocycles. The van der Waals surface area contributed by atoms with Gasteiger partial charge in [-0.05, 0) is 25.3 Å². The van der Waals surface area contributed by atoms with E-state index in [1.807, 2.05) is 0 Å². The second-order valence-corrected chi connectivity index (χ2v) is 4.47. The first-order valence-corrected chi connectivity index (χ1v) is 6.10. The molecule has 1 unspecified atom stereocenters. The lowest BCUT2D eigenvalue weighted by Gasteiger charge is -2.31. The molecule has 1 heterocycles. The fraction of sp³-hybridized carbons (Fsp3) is 1.00. The Labute approximate surface area is 83.3 Å². The lowest BCUT2D eigenvalue weighted by atomic mass is 9.87. The van der Waals surface area contributed by atoms with Gasteiger partial charge >= 0.3 is 0 Å². The Morgan fingerprint density at radius 3 is 2.46 bits per heavy atom. The van der Waals surface area contributed by atoms with E-state index in [2.05, 4.69) is 19.2 Å². The van der Waals surface area contributed by atoms with Gasteiger partial charge in [0.2, 0.25) is 0 Å². The average molecular weight is 183 g/mol. The maximum absolute atomic E-state index is 3.51. The fourth-order valence-corrected chi connectivity index (χ4v) is 2.23. The summed E-state index contributed by atoms with van der Waals surface area (Å²) in [5, 5.41) is 3.51. The van der Waals surface area contributed by atoms with Gasteiger partial charge in [-0.1, -0.05) is 46.0 Å². The van der Waals surface area contributed by atoms with Crippen LogP contribution in [0.3, 0.4) is 0 Å². The number of unbranched alkanes of at least 4 members (excludes halogenated alkanes) is 1. The van der Waals surface area contributed by atoms with Crippen LogP contribution in [0, 0.1) is 5.92 Å². The third-order valence-corrected chi connectivity index (χ3v) is 3.21. The van der Waals surface area contributed by atoms with Crippen molar-refractivity contribution in [1.29, 1.82) is 0 Å². The maximum atomic E-state index is 3.51. The molecule has 1 fully saturated rings. The first-order chi connectivity index (χ1) is 6.36. The van der Waals surface area contributed by atoms with E-state index in [-0.39, 0.29) is 0 Å². The van der Waals surface area contributed by atoms with E-state index in [0.717, 1.165) is 12.0 Å². The monoisotopic (exact) mass is 183 g/mol. The molecule has 0 aromatic heterocycles. The van der Waals surface area contributed by atoms with Crippen molar-refractivity contribution < 1.29 is 0 Å². The molecule has 78 valence electrons. The molecular formula is C12H25N. The maximum Gasteiger partial charge on any atom is 0.00817 e.